The van der Waals surface area contributed by atoms with E-state index in [1.54, 1.807) is 6.07 Å². The molecule has 2 rings (SSSR count). The topological polar surface area (TPSA) is 52.6 Å². The Hall–Kier alpha value is -1.26. The Morgan fingerprint density at radius 1 is 1.47 bits per heavy atom. The van der Waals surface area contributed by atoms with Crippen molar-refractivity contribution in [3.8, 4) is 0 Å². The van der Waals surface area contributed by atoms with Crippen molar-refractivity contribution >= 4 is 23.2 Å². The molecule has 0 bridgehead atoms. The lowest BCUT2D eigenvalue weighted by Crippen LogP contribution is -2.46. The van der Waals surface area contributed by atoms with Crippen LogP contribution in [0.4, 0.5) is 5.69 Å². The first kappa shape index (κ1) is 12.2. The number of halogens is 1. The van der Waals surface area contributed by atoms with Crippen LogP contribution in [0.1, 0.15) is 6.42 Å². The van der Waals surface area contributed by atoms with Crippen LogP contribution in [0.3, 0.4) is 0 Å². The maximum absolute atomic E-state index is 11.8. The highest BCUT2D eigenvalue weighted by Crippen LogP contribution is 2.27. The molecule has 0 spiro atoms. The Balaban J connectivity index is 2.34. The van der Waals surface area contributed by atoms with Gasteiger partial charge in [-0.05, 0) is 18.6 Å². The summed E-state index contributed by atoms with van der Waals surface area (Å²) in [5.74, 6) is -0.148. The minimum absolute atomic E-state index is 0.148. The second-order valence-corrected chi connectivity index (χ2v) is 4.39. The highest BCUT2D eigenvalue weighted by Gasteiger charge is 2.28. The lowest BCUT2D eigenvalue weighted by molar-refractivity contribution is -0.122. The molecule has 17 heavy (non-hydrogen) atoms. The fraction of sp³-hybridized carbons (Fsp3) is 0.417. The molecule has 2 N–H and O–H groups in total. The average Bonchev–Trinajstić information content (AvgIpc) is 2.51. The molecule has 0 radical (unpaired) electrons. The van der Waals surface area contributed by atoms with Gasteiger partial charge in [0.2, 0.25) is 5.91 Å². The molecule has 1 amide bonds. The van der Waals surface area contributed by atoms with E-state index in [-0.39, 0.29) is 12.5 Å². The van der Waals surface area contributed by atoms with E-state index in [4.69, 9.17) is 11.6 Å². The first-order valence-electron chi connectivity index (χ1n) is 5.64. The third-order valence-electron chi connectivity index (χ3n) is 2.89. The third kappa shape index (κ3) is 2.53. The first-order chi connectivity index (χ1) is 8.24. The van der Waals surface area contributed by atoms with E-state index in [0.717, 1.165) is 12.1 Å². The van der Waals surface area contributed by atoms with E-state index >= 15 is 0 Å². The van der Waals surface area contributed by atoms with E-state index in [1.807, 2.05) is 23.1 Å². The van der Waals surface area contributed by atoms with Gasteiger partial charge in [0.1, 0.15) is 6.04 Å². The molecule has 4 nitrogen and oxygen atoms in total. The van der Waals surface area contributed by atoms with E-state index < -0.39 is 6.04 Å². The summed E-state index contributed by atoms with van der Waals surface area (Å²) in [5.41, 5.74) is 0.797. The van der Waals surface area contributed by atoms with E-state index in [0.29, 0.717) is 18.1 Å². The van der Waals surface area contributed by atoms with Crippen molar-refractivity contribution in [2.75, 3.05) is 24.6 Å². The van der Waals surface area contributed by atoms with Gasteiger partial charge < -0.3 is 15.3 Å². The molecular weight excluding hydrogens is 240 g/mol. The van der Waals surface area contributed by atoms with Crippen LogP contribution < -0.4 is 10.2 Å². The SMILES string of the molecule is O=C1NCCCN(c2ccccc2Cl)C1CO. The Morgan fingerprint density at radius 3 is 2.94 bits per heavy atom. The molecule has 5 heteroatoms. The van der Waals surface area contributed by atoms with E-state index in [9.17, 15) is 9.90 Å². The van der Waals surface area contributed by atoms with Crippen molar-refractivity contribution in [2.45, 2.75) is 12.5 Å². The summed E-state index contributed by atoms with van der Waals surface area (Å²) < 4.78 is 0. The van der Waals surface area contributed by atoms with Gasteiger partial charge in [-0.3, -0.25) is 4.79 Å². The molecule has 0 saturated carbocycles. The molecule has 1 atom stereocenters. The molecule has 1 aromatic rings. The molecule has 0 aliphatic carbocycles. The van der Waals surface area contributed by atoms with Gasteiger partial charge in [-0.2, -0.15) is 0 Å². The molecular formula is C12H15ClN2O2. The number of rotatable bonds is 2. The van der Waals surface area contributed by atoms with Crippen LogP contribution in [-0.2, 0) is 4.79 Å². The van der Waals surface area contributed by atoms with Crippen molar-refractivity contribution < 1.29 is 9.90 Å². The van der Waals surface area contributed by atoms with Gasteiger partial charge in [-0.15, -0.1) is 0 Å². The minimum Gasteiger partial charge on any atom is -0.394 e. The fourth-order valence-electron chi connectivity index (χ4n) is 2.03. The summed E-state index contributed by atoms with van der Waals surface area (Å²) in [7, 11) is 0. The third-order valence-corrected chi connectivity index (χ3v) is 3.21. The monoisotopic (exact) mass is 254 g/mol. The molecule has 1 unspecified atom stereocenters. The van der Waals surface area contributed by atoms with Crippen LogP contribution in [0.5, 0.6) is 0 Å². The van der Waals surface area contributed by atoms with Crippen molar-refractivity contribution in [2.24, 2.45) is 0 Å². The van der Waals surface area contributed by atoms with Crippen LogP contribution in [0, 0.1) is 0 Å². The normalized spacial score (nSPS) is 20.9. The zero-order valence-electron chi connectivity index (χ0n) is 9.40. The largest absolute Gasteiger partial charge is 0.394 e. The lowest BCUT2D eigenvalue weighted by Gasteiger charge is -2.29. The van der Waals surface area contributed by atoms with E-state index in [1.165, 1.54) is 0 Å². The van der Waals surface area contributed by atoms with Gasteiger partial charge in [-0.1, -0.05) is 23.7 Å². The summed E-state index contributed by atoms with van der Waals surface area (Å²) in [6.45, 7) is 1.13. The molecule has 1 aromatic carbocycles. The van der Waals surface area contributed by atoms with Crippen LogP contribution in [0.2, 0.25) is 5.02 Å². The van der Waals surface area contributed by atoms with Gasteiger partial charge in [0.05, 0.1) is 17.3 Å². The maximum Gasteiger partial charge on any atom is 0.245 e. The minimum atomic E-state index is -0.558. The summed E-state index contributed by atoms with van der Waals surface area (Å²) in [5, 5.41) is 12.7. The summed E-state index contributed by atoms with van der Waals surface area (Å²) in [6, 6.07) is 6.81. The molecule has 1 aliphatic rings. The number of benzene rings is 1. The Labute approximate surface area is 105 Å². The number of aliphatic hydroxyl groups excluding tert-OH is 1. The van der Waals surface area contributed by atoms with Gasteiger partial charge in [0.25, 0.3) is 0 Å². The van der Waals surface area contributed by atoms with Crippen molar-refractivity contribution in [3.63, 3.8) is 0 Å². The number of aliphatic hydroxyl groups is 1. The number of amides is 1. The summed E-state index contributed by atoms with van der Waals surface area (Å²) in [6.07, 6.45) is 0.841. The molecule has 92 valence electrons. The summed E-state index contributed by atoms with van der Waals surface area (Å²) >= 11 is 6.13. The smallest absolute Gasteiger partial charge is 0.245 e. The van der Waals surface area contributed by atoms with Crippen LogP contribution >= 0.6 is 11.6 Å². The Morgan fingerprint density at radius 2 is 2.24 bits per heavy atom. The predicted octanol–water partition coefficient (Wildman–Crippen LogP) is 1.03. The number of hydrogen-bond donors (Lipinski definition) is 2. The van der Waals surface area contributed by atoms with Crippen LogP contribution in [0.25, 0.3) is 0 Å². The highest BCUT2D eigenvalue weighted by molar-refractivity contribution is 6.33. The zero-order valence-corrected chi connectivity index (χ0v) is 10.2. The maximum atomic E-state index is 11.8. The summed E-state index contributed by atoms with van der Waals surface area (Å²) in [4.78, 5) is 13.7. The Kier molecular flexibility index (Phi) is 3.86. The zero-order chi connectivity index (χ0) is 12.3. The average molecular weight is 255 g/mol. The number of anilines is 1. The van der Waals surface area contributed by atoms with Crippen molar-refractivity contribution in [3.05, 3.63) is 29.3 Å². The van der Waals surface area contributed by atoms with Crippen molar-refractivity contribution in [1.82, 2.24) is 5.32 Å². The van der Waals surface area contributed by atoms with Crippen LogP contribution in [0.15, 0.2) is 24.3 Å². The fourth-order valence-corrected chi connectivity index (χ4v) is 2.27. The standard InChI is InChI=1S/C12H15ClN2O2/c13-9-4-1-2-5-10(9)15-7-3-6-14-12(17)11(15)8-16/h1-2,4-5,11,16H,3,6-8H2,(H,14,17). The van der Waals surface area contributed by atoms with Gasteiger partial charge in [0, 0.05) is 13.1 Å². The van der Waals surface area contributed by atoms with Crippen molar-refractivity contribution in [1.29, 1.82) is 0 Å². The highest BCUT2D eigenvalue weighted by atomic mass is 35.5. The van der Waals surface area contributed by atoms with Crippen LogP contribution in [-0.4, -0.2) is 36.8 Å². The Bertz CT molecular complexity index is 411. The molecule has 1 fully saturated rings. The number of nitrogens with zero attached hydrogens (tertiary/aromatic N) is 1. The molecule has 0 aromatic heterocycles. The first-order valence-corrected chi connectivity index (χ1v) is 6.01. The molecule has 1 heterocycles. The van der Waals surface area contributed by atoms with E-state index in [2.05, 4.69) is 5.32 Å². The van der Waals surface area contributed by atoms with Gasteiger partial charge in [0.15, 0.2) is 0 Å². The predicted molar refractivity (Wildman–Crippen MR) is 67.3 cm³/mol. The number of hydrogen-bond acceptors (Lipinski definition) is 3. The number of carbonyl (C=O) groups excluding carboxylic acids is 1. The quantitative estimate of drug-likeness (QED) is 0.829. The second-order valence-electron chi connectivity index (χ2n) is 3.99. The number of para-hydroxylation sites is 1. The number of carbonyl (C=O) groups is 1. The van der Waals surface area contributed by atoms with Gasteiger partial charge in [-0.25, -0.2) is 0 Å². The lowest BCUT2D eigenvalue weighted by atomic mass is 10.2. The van der Waals surface area contributed by atoms with Gasteiger partial charge >= 0.3 is 0 Å². The molecule has 1 saturated heterocycles. The molecule has 1 aliphatic heterocycles. The number of nitrogens with one attached hydrogen (secondary N) is 1. The second kappa shape index (κ2) is 5.38.